The van der Waals surface area contributed by atoms with Crippen LogP contribution in [0.3, 0.4) is 0 Å². The Hall–Kier alpha value is -4.11. The Morgan fingerprint density at radius 1 is 0.878 bits per heavy atom. The second-order valence-electron chi connectivity index (χ2n) is 9.41. The van der Waals surface area contributed by atoms with E-state index >= 15 is 0 Å². The van der Waals surface area contributed by atoms with Gasteiger partial charge in [0.25, 0.3) is 0 Å². The molecular weight excluding hydrogens is 556 g/mol. The third kappa shape index (κ3) is 10.8. The highest BCUT2D eigenvalue weighted by molar-refractivity contribution is 7.98. The number of nitrogens with one attached hydrogen (secondary N) is 4. The third-order valence-corrected chi connectivity index (χ3v) is 6.92. The minimum atomic E-state index is -1.36. The number of carbonyl (C=O) groups is 6. The summed E-state index contributed by atoms with van der Waals surface area (Å²) >= 11 is 1.40. The zero-order valence-corrected chi connectivity index (χ0v) is 23.4. The largest absolute Gasteiger partial charge is 0.481 e. The summed E-state index contributed by atoms with van der Waals surface area (Å²) in [6.07, 6.45) is 2.55. The predicted molar refractivity (Wildman–Crippen MR) is 152 cm³/mol. The number of rotatable bonds is 18. The maximum Gasteiger partial charge on any atom is 0.326 e. The number of hydrogen-bond donors (Lipinski definition) is 8. The molecule has 2 rings (SSSR count). The summed E-state index contributed by atoms with van der Waals surface area (Å²) in [5.74, 6) is -5.11. The summed E-state index contributed by atoms with van der Waals surface area (Å²) in [6, 6.07) is 2.29. The van der Waals surface area contributed by atoms with Crippen molar-refractivity contribution in [1.82, 2.24) is 20.9 Å². The average molecular weight is 593 g/mol. The Morgan fingerprint density at radius 3 is 2.10 bits per heavy atom. The molecule has 0 spiro atoms. The first kappa shape index (κ1) is 33.1. The van der Waals surface area contributed by atoms with E-state index in [2.05, 4.69) is 20.9 Å². The Kier molecular flexibility index (Phi) is 13.1. The average Bonchev–Trinajstić information content (AvgIpc) is 3.33. The molecule has 0 saturated heterocycles. The molecule has 2 aromatic rings. The molecule has 4 amide bonds. The molecule has 1 heterocycles. The monoisotopic (exact) mass is 592 g/mol. The van der Waals surface area contributed by atoms with Crippen molar-refractivity contribution in [2.45, 2.75) is 62.7 Å². The van der Waals surface area contributed by atoms with Crippen LogP contribution in [0, 0.1) is 0 Å². The van der Waals surface area contributed by atoms with Crippen molar-refractivity contribution >= 4 is 58.2 Å². The van der Waals surface area contributed by atoms with Crippen LogP contribution in [0.15, 0.2) is 30.5 Å². The Bertz CT molecular complexity index is 1250. The van der Waals surface area contributed by atoms with E-state index in [4.69, 9.17) is 16.6 Å². The zero-order valence-electron chi connectivity index (χ0n) is 22.6. The second-order valence-corrected chi connectivity index (χ2v) is 10.4. The van der Waals surface area contributed by atoms with Gasteiger partial charge in [-0.2, -0.15) is 11.8 Å². The highest BCUT2D eigenvalue weighted by Gasteiger charge is 2.31. The number of aromatic amines is 1. The summed E-state index contributed by atoms with van der Waals surface area (Å²) in [7, 11) is 0. The van der Waals surface area contributed by atoms with E-state index in [0.29, 0.717) is 11.3 Å². The van der Waals surface area contributed by atoms with Crippen molar-refractivity contribution in [3.8, 4) is 0 Å². The number of aliphatic carboxylic acids is 2. The minimum Gasteiger partial charge on any atom is -0.481 e. The van der Waals surface area contributed by atoms with Gasteiger partial charge in [0.1, 0.15) is 18.1 Å². The first-order valence-electron chi connectivity index (χ1n) is 12.9. The van der Waals surface area contributed by atoms with Crippen LogP contribution in [0.4, 0.5) is 0 Å². The number of hydrogen-bond acceptors (Lipinski definition) is 8. The molecule has 0 saturated carbocycles. The highest BCUT2D eigenvalue weighted by Crippen LogP contribution is 2.19. The van der Waals surface area contributed by atoms with E-state index in [1.807, 2.05) is 24.3 Å². The fourth-order valence-electron chi connectivity index (χ4n) is 4.01. The molecule has 0 aliphatic heterocycles. The van der Waals surface area contributed by atoms with Gasteiger partial charge in [0.15, 0.2) is 0 Å². The zero-order chi connectivity index (χ0) is 30.5. The number of fused-ring (bicyclic) bond motifs is 1. The van der Waals surface area contributed by atoms with Crippen molar-refractivity contribution in [3.63, 3.8) is 0 Å². The summed E-state index contributed by atoms with van der Waals surface area (Å²) in [5, 5.41) is 27.1. The lowest BCUT2D eigenvalue weighted by atomic mass is 10.0. The van der Waals surface area contributed by atoms with E-state index in [0.717, 1.165) is 10.9 Å². The molecule has 0 aliphatic rings. The van der Waals surface area contributed by atoms with Crippen LogP contribution in [0.2, 0.25) is 0 Å². The van der Waals surface area contributed by atoms with Crippen LogP contribution >= 0.6 is 11.8 Å². The molecule has 0 fully saturated rings. The number of carboxylic acids is 2. The minimum absolute atomic E-state index is 0.0191. The maximum absolute atomic E-state index is 13.2. The van der Waals surface area contributed by atoms with Gasteiger partial charge < -0.3 is 42.6 Å². The van der Waals surface area contributed by atoms with Gasteiger partial charge >= 0.3 is 11.9 Å². The second kappa shape index (κ2) is 16.2. The van der Waals surface area contributed by atoms with E-state index in [-0.39, 0.29) is 32.1 Å². The number of nitrogens with two attached hydrogens (primary N) is 2. The van der Waals surface area contributed by atoms with Gasteiger partial charge in [0.05, 0.1) is 6.04 Å². The topological polar surface area (TPSA) is 247 Å². The summed E-state index contributed by atoms with van der Waals surface area (Å²) in [5.41, 5.74) is 12.3. The fourth-order valence-corrected chi connectivity index (χ4v) is 4.49. The van der Waals surface area contributed by atoms with Gasteiger partial charge in [0.2, 0.25) is 23.6 Å². The molecule has 10 N–H and O–H groups in total. The van der Waals surface area contributed by atoms with Crippen molar-refractivity contribution in [2.75, 3.05) is 12.0 Å². The van der Waals surface area contributed by atoms with Crippen molar-refractivity contribution in [2.24, 2.45) is 11.5 Å². The van der Waals surface area contributed by atoms with E-state index < -0.39 is 66.2 Å². The number of thioether (sulfide) groups is 1. The number of H-pyrrole nitrogens is 1. The van der Waals surface area contributed by atoms with Crippen LogP contribution in [0.5, 0.6) is 0 Å². The number of amides is 4. The number of benzene rings is 1. The van der Waals surface area contributed by atoms with E-state index in [1.165, 1.54) is 11.8 Å². The molecule has 0 radical (unpaired) electrons. The van der Waals surface area contributed by atoms with Crippen LogP contribution < -0.4 is 27.4 Å². The van der Waals surface area contributed by atoms with Gasteiger partial charge in [0, 0.05) is 36.4 Å². The lowest BCUT2D eigenvalue weighted by Gasteiger charge is -2.25. The molecule has 1 aromatic carbocycles. The van der Waals surface area contributed by atoms with E-state index in [1.54, 1.807) is 12.5 Å². The van der Waals surface area contributed by atoms with Crippen molar-refractivity contribution in [3.05, 3.63) is 36.0 Å². The lowest BCUT2D eigenvalue weighted by molar-refractivity contribution is -0.142. The van der Waals surface area contributed by atoms with Crippen LogP contribution in [0.1, 0.15) is 37.7 Å². The first-order valence-corrected chi connectivity index (χ1v) is 14.3. The molecule has 0 bridgehead atoms. The molecule has 15 heteroatoms. The SMILES string of the molecule is CSCCC(NC(=O)C(CCC(=O)O)NC(=O)C(N)CCC(N)=O)C(=O)NC(Cc1c[nH]c2ccccc12)C(=O)O. The number of carboxylic acid groups (broad SMARTS) is 2. The first-order chi connectivity index (χ1) is 19.4. The lowest BCUT2D eigenvalue weighted by Crippen LogP contribution is -2.57. The highest BCUT2D eigenvalue weighted by atomic mass is 32.2. The third-order valence-electron chi connectivity index (χ3n) is 6.28. The summed E-state index contributed by atoms with van der Waals surface area (Å²) in [4.78, 5) is 76.1. The number of aromatic nitrogens is 1. The predicted octanol–water partition coefficient (Wildman–Crippen LogP) is -0.540. The molecule has 0 aliphatic carbocycles. The summed E-state index contributed by atoms with van der Waals surface area (Å²) in [6.45, 7) is 0. The molecule has 1 aromatic heterocycles. The van der Waals surface area contributed by atoms with Gasteiger partial charge in [-0.15, -0.1) is 0 Å². The van der Waals surface area contributed by atoms with Crippen LogP contribution in [-0.2, 0) is 35.2 Å². The van der Waals surface area contributed by atoms with Gasteiger partial charge in [-0.1, -0.05) is 18.2 Å². The standard InChI is InChI=1S/C26H36N6O8S/c1-41-11-10-19(25(38)32-20(26(39)40)12-14-13-29-17-5-3-2-4-15(14)17)31-24(37)18(7-9-22(34)35)30-23(36)16(27)6-8-21(28)33/h2-5,13,16,18-20,29H,6-12,27H2,1H3,(H2,28,33)(H,30,36)(H,31,37)(H,32,38)(H,34,35)(H,39,40). The van der Waals surface area contributed by atoms with Crippen molar-refractivity contribution < 1.29 is 39.0 Å². The quantitative estimate of drug-likeness (QED) is 0.110. The molecule has 4 atom stereocenters. The number of carbonyl (C=O) groups excluding carboxylic acids is 4. The van der Waals surface area contributed by atoms with Gasteiger partial charge in [-0.05, 0) is 42.9 Å². The van der Waals surface area contributed by atoms with Crippen LogP contribution in [-0.4, -0.2) is 86.9 Å². The smallest absolute Gasteiger partial charge is 0.326 e. The Labute approximate surface area is 240 Å². The molecule has 224 valence electrons. The molecule has 41 heavy (non-hydrogen) atoms. The molecular formula is C26H36N6O8S. The van der Waals surface area contributed by atoms with Crippen LogP contribution in [0.25, 0.3) is 10.9 Å². The van der Waals surface area contributed by atoms with Gasteiger partial charge in [-0.25, -0.2) is 4.79 Å². The summed E-state index contributed by atoms with van der Waals surface area (Å²) < 4.78 is 0. The maximum atomic E-state index is 13.2. The van der Waals surface area contributed by atoms with E-state index in [9.17, 15) is 33.9 Å². The number of primary amides is 1. The normalized spacial score (nSPS) is 13.9. The Balaban J connectivity index is 2.16. The Morgan fingerprint density at radius 2 is 1.49 bits per heavy atom. The molecule has 4 unspecified atom stereocenters. The molecule has 14 nitrogen and oxygen atoms in total. The fraction of sp³-hybridized carbons (Fsp3) is 0.462. The van der Waals surface area contributed by atoms with Crippen molar-refractivity contribution in [1.29, 1.82) is 0 Å². The van der Waals surface area contributed by atoms with Gasteiger partial charge in [-0.3, -0.25) is 24.0 Å². The number of para-hydroxylation sites is 1.